The number of rotatable bonds is 23. The van der Waals surface area contributed by atoms with Gasteiger partial charge in [-0.25, -0.2) is 4.98 Å². The molecular weight excluding hydrogens is 771 g/mol. The van der Waals surface area contributed by atoms with E-state index in [-0.39, 0.29) is 50.5 Å². The number of fused-ring (bicyclic) bond motifs is 1. The van der Waals surface area contributed by atoms with Crippen molar-refractivity contribution < 1.29 is 28.8 Å². The molecule has 0 saturated heterocycles. The number of nitrogens with one attached hydrogen (secondary N) is 7. The van der Waals surface area contributed by atoms with Crippen molar-refractivity contribution >= 4 is 52.3 Å². The molecular formula is C41H57N13O6. The van der Waals surface area contributed by atoms with Crippen molar-refractivity contribution in [3.63, 3.8) is 0 Å². The fourth-order valence-corrected chi connectivity index (χ4v) is 6.51. The maximum atomic E-state index is 14.2. The van der Waals surface area contributed by atoms with Crippen LogP contribution in [-0.2, 0) is 48.0 Å². The average molecular weight is 828 g/mol. The molecule has 0 spiro atoms. The molecule has 0 aliphatic rings. The molecule has 6 atom stereocenters. The molecule has 19 nitrogen and oxygen atoms in total. The first-order chi connectivity index (χ1) is 28.6. The van der Waals surface area contributed by atoms with E-state index < -0.39 is 71.7 Å². The third-order valence-electron chi connectivity index (χ3n) is 9.68. The molecule has 0 aliphatic heterocycles. The average Bonchev–Trinajstić information content (AvgIpc) is 3.88. The molecule has 6 amide bonds. The number of benzene rings is 2. The first-order valence-electron chi connectivity index (χ1n) is 19.8. The number of aromatic nitrogens is 3. The number of primary amides is 1. The number of guanidine groups is 1. The summed E-state index contributed by atoms with van der Waals surface area (Å²) >= 11 is 0. The van der Waals surface area contributed by atoms with E-state index in [0.29, 0.717) is 12.1 Å². The summed E-state index contributed by atoms with van der Waals surface area (Å²) in [4.78, 5) is 94.7. The van der Waals surface area contributed by atoms with Crippen LogP contribution in [-0.4, -0.2) is 99.2 Å². The highest BCUT2D eigenvalue weighted by Gasteiger charge is 2.32. The van der Waals surface area contributed by atoms with Gasteiger partial charge in [0.2, 0.25) is 35.4 Å². The molecule has 0 fully saturated rings. The van der Waals surface area contributed by atoms with Gasteiger partial charge in [0.1, 0.15) is 30.2 Å². The molecule has 0 saturated carbocycles. The van der Waals surface area contributed by atoms with Crippen LogP contribution in [0.25, 0.3) is 10.9 Å². The van der Waals surface area contributed by atoms with Crippen molar-refractivity contribution in [3.05, 3.63) is 90.1 Å². The maximum Gasteiger partial charge on any atom is 0.243 e. The van der Waals surface area contributed by atoms with Crippen molar-refractivity contribution in [2.75, 3.05) is 6.54 Å². The van der Waals surface area contributed by atoms with Gasteiger partial charge in [0.25, 0.3) is 0 Å². The molecule has 0 radical (unpaired) electrons. The van der Waals surface area contributed by atoms with Crippen LogP contribution < -0.4 is 49.5 Å². The second-order valence-corrected chi connectivity index (χ2v) is 15.1. The standard InChI is InChI=1S/C41H57N13O6/c1-23(2)16-32(39(59)51-31(35(43)55)14-9-15-47-41(44)45)52-36(56)24(3)50-38(58)34(19-27-21-46-22-49-27)54-40(60)33(18-26-20-48-30-13-8-7-12-28(26)30)53-37(57)29(42)17-25-10-5-4-6-11-25/h4-8,10-13,20-24,29,31-34,48H,9,14-19,42H2,1-3H3,(H2,43,55)(H,46,49)(H,50,58)(H,51,59)(H,52,56)(H,53,57)(H,54,60)(H4,44,45,47)/t24-,29-,31-,32-,33-,34-/m0/s1. The Morgan fingerprint density at radius 3 is 1.98 bits per heavy atom. The predicted molar refractivity (Wildman–Crippen MR) is 226 cm³/mol. The Bertz CT molecular complexity index is 2080. The van der Waals surface area contributed by atoms with Crippen LogP contribution in [0.3, 0.4) is 0 Å². The first-order valence-corrected chi connectivity index (χ1v) is 19.8. The number of hydrogen-bond acceptors (Lipinski definition) is 9. The summed E-state index contributed by atoms with van der Waals surface area (Å²) in [7, 11) is 0. The largest absolute Gasteiger partial charge is 0.370 e. The van der Waals surface area contributed by atoms with Crippen molar-refractivity contribution in [3.8, 4) is 0 Å². The normalized spacial score (nSPS) is 14.2. The number of nitrogens with zero attached hydrogens (tertiary/aromatic N) is 2. The maximum absolute atomic E-state index is 14.2. The topological polar surface area (TPSA) is 323 Å². The van der Waals surface area contributed by atoms with Gasteiger partial charge in [0.05, 0.1) is 12.4 Å². The van der Waals surface area contributed by atoms with Gasteiger partial charge in [0, 0.05) is 48.4 Å². The van der Waals surface area contributed by atoms with Crippen LogP contribution in [0.1, 0.15) is 56.9 Å². The minimum Gasteiger partial charge on any atom is -0.370 e. The zero-order valence-electron chi connectivity index (χ0n) is 34.1. The van der Waals surface area contributed by atoms with E-state index in [9.17, 15) is 28.8 Å². The number of amides is 6. The zero-order chi connectivity index (χ0) is 43.8. The summed E-state index contributed by atoms with van der Waals surface area (Å²) in [6.45, 7) is 5.35. The van der Waals surface area contributed by atoms with E-state index in [1.807, 2.05) is 68.4 Å². The molecule has 322 valence electrons. The third kappa shape index (κ3) is 14.3. The van der Waals surface area contributed by atoms with E-state index in [2.05, 4.69) is 46.5 Å². The van der Waals surface area contributed by atoms with Crippen LogP contribution in [0.2, 0.25) is 0 Å². The van der Waals surface area contributed by atoms with Gasteiger partial charge >= 0.3 is 0 Å². The number of carbonyl (C=O) groups excluding carboxylic acids is 6. The molecule has 0 unspecified atom stereocenters. The second kappa shape index (κ2) is 22.4. The summed E-state index contributed by atoms with van der Waals surface area (Å²) in [6, 6.07) is 10.0. The lowest BCUT2D eigenvalue weighted by atomic mass is 10.0. The molecule has 0 bridgehead atoms. The number of carbonyl (C=O) groups is 6. The zero-order valence-corrected chi connectivity index (χ0v) is 34.1. The van der Waals surface area contributed by atoms with E-state index in [1.165, 1.54) is 19.4 Å². The van der Waals surface area contributed by atoms with E-state index >= 15 is 0 Å². The van der Waals surface area contributed by atoms with Gasteiger partial charge in [-0.15, -0.1) is 0 Å². The smallest absolute Gasteiger partial charge is 0.243 e. The minimum atomic E-state index is -1.25. The highest BCUT2D eigenvalue weighted by molar-refractivity contribution is 5.97. The number of aromatic amines is 2. The Kier molecular flexibility index (Phi) is 17.2. The monoisotopic (exact) mass is 827 g/mol. The number of hydrogen-bond donors (Lipinski definition) is 11. The van der Waals surface area contributed by atoms with E-state index in [1.54, 1.807) is 6.20 Å². The number of para-hydroxylation sites is 1. The highest BCUT2D eigenvalue weighted by atomic mass is 16.2. The molecule has 2 aromatic heterocycles. The molecule has 4 rings (SSSR count). The lowest BCUT2D eigenvalue weighted by Crippen LogP contribution is -2.59. The van der Waals surface area contributed by atoms with Crippen LogP contribution in [0.15, 0.2) is 78.3 Å². The van der Waals surface area contributed by atoms with E-state index in [0.717, 1.165) is 22.0 Å². The van der Waals surface area contributed by atoms with Crippen molar-refractivity contribution in [2.24, 2.45) is 33.8 Å². The molecule has 19 heteroatoms. The SMILES string of the molecule is CC(C)C[C@H](NC(=O)[C@H](C)NC(=O)[C@H](Cc1cnc[nH]1)NC(=O)[C@H](Cc1c[nH]c2ccccc12)NC(=O)[C@@H](N)Cc1ccccc1)C(=O)N[C@@H](CCCN=C(N)N)C(N)=O. The summed E-state index contributed by atoms with van der Waals surface area (Å²) in [5, 5.41) is 14.3. The Morgan fingerprint density at radius 1 is 0.700 bits per heavy atom. The van der Waals surface area contributed by atoms with Crippen LogP contribution >= 0.6 is 0 Å². The van der Waals surface area contributed by atoms with Crippen molar-refractivity contribution in [1.29, 1.82) is 0 Å². The second-order valence-electron chi connectivity index (χ2n) is 15.1. The molecule has 2 aromatic carbocycles. The lowest BCUT2D eigenvalue weighted by Gasteiger charge is -2.26. The number of H-pyrrole nitrogens is 2. The molecule has 15 N–H and O–H groups in total. The first kappa shape index (κ1) is 45.9. The Balaban J connectivity index is 1.49. The summed E-state index contributed by atoms with van der Waals surface area (Å²) in [5.41, 5.74) is 25.5. The quantitative estimate of drug-likeness (QED) is 0.0253. The van der Waals surface area contributed by atoms with Crippen LogP contribution in [0.5, 0.6) is 0 Å². The molecule has 4 aromatic rings. The number of nitrogens with two attached hydrogens (primary N) is 4. The summed E-state index contributed by atoms with van der Waals surface area (Å²) < 4.78 is 0. The van der Waals surface area contributed by atoms with E-state index in [4.69, 9.17) is 22.9 Å². The molecule has 60 heavy (non-hydrogen) atoms. The number of imidazole rings is 1. The Morgan fingerprint density at radius 2 is 1.32 bits per heavy atom. The third-order valence-corrected chi connectivity index (χ3v) is 9.68. The summed E-state index contributed by atoms with van der Waals surface area (Å²) in [5.74, 6) is -4.24. The molecule has 2 heterocycles. The Hall–Kier alpha value is -6.76. The number of aliphatic imine (C=N–C) groups is 1. The van der Waals surface area contributed by atoms with Crippen molar-refractivity contribution in [1.82, 2.24) is 41.5 Å². The van der Waals surface area contributed by atoms with Gasteiger partial charge in [-0.2, -0.15) is 0 Å². The summed E-state index contributed by atoms with van der Waals surface area (Å²) in [6.07, 6.45) is 5.61. The minimum absolute atomic E-state index is 0.0523. The fourth-order valence-electron chi connectivity index (χ4n) is 6.51. The van der Waals surface area contributed by atoms with Gasteiger partial charge in [-0.05, 0) is 55.7 Å². The van der Waals surface area contributed by atoms with Gasteiger partial charge in [-0.3, -0.25) is 33.8 Å². The van der Waals surface area contributed by atoms with Crippen LogP contribution in [0, 0.1) is 5.92 Å². The van der Waals surface area contributed by atoms with Crippen LogP contribution in [0.4, 0.5) is 0 Å². The van der Waals surface area contributed by atoms with Gasteiger partial charge < -0.3 is 59.5 Å². The van der Waals surface area contributed by atoms with Crippen molar-refractivity contribution in [2.45, 2.75) is 95.5 Å². The highest BCUT2D eigenvalue weighted by Crippen LogP contribution is 2.20. The predicted octanol–water partition coefficient (Wildman–Crippen LogP) is -0.725. The van der Waals surface area contributed by atoms with Gasteiger partial charge in [0.15, 0.2) is 5.96 Å². The fraction of sp³-hybridized carbons (Fsp3) is 0.415. The lowest BCUT2D eigenvalue weighted by molar-refractivity contribution is -0.135. The Labute approximate surface area is 348 Å². The molecule has 0 aliphatic carbocycles. The van der Waals surface area contributed by atoms with Gasteiger partial charge in [-0.1, -0.05) is 62.4 Å².